The first kappa shape index (κ1) is 20.7. The Bertz CT molecular complexity index is 979. The lowest BCUT2D eigenvalue weighted by molar-refractivity contribution is -0.128. The average molecular weight is 423 g/mol. The molecule has 4 rings (SSSR count). The minimum Gasteiger partial charge on any atom is -0.493 e. The molecule has 2 aromatic carbocycles. The quantitative estimate of drug-likeness (QED) is 0.692. The van der Waals surface area contributed by atoms with Crippen LogP contribution in [0.3, 0.4) is 0 Å². The third kappa shape index (κ3) is 4.05. The second kappa shape index (κ2) is 8.67. The predicted molar refractivity (Wildman–Crippen MR) is 114 cm³/mol. The van der Waals surface area contributed by atoms with Gasteiger partial charge in [0.15, 0.2) is 11.5 Å². The van der Waals surface area contributed by atoms with E-state index in [1.165, 1.54) is 12.0 Å². The molecule has 31 heavy (non-hydrogen) atoms. The van der Waals surface area contributed by atoms with Crippen LogP contribution in [-0.4, -0.2) is 54.5 Å². The Morgan fingerprint density at radius 2 is 1.81 bits per heavy atom. The molecule has 0 aromatic heterocycles. The fourth-order valence-corrected chi connectivity index (χ4v) is 4.11. The molecule has 0 bridgehead atoms. The smallest absolute Gasteiger partial charge is 0.327 e. The monoisotopic (exact) mass is 423 g/mol. The summed E-state index contributed by atoms with van der Waals surface area (Å²) in [4.78, 5) is 40.8. The summed E-state index contributed by atoms with van der Waals surface area (Å²) < 4.78 is 10.4. The van der Waals surface area contributed by atoms with Crippen molar-refractivity contribution < 1.29 is 23.9 Å². The number of hydrogen-bond acceptors (Lipinski definition) is 5. The first-order chi connectivity index (χ1) is 15.0. The van der Waals surface area contributed by atoms with Crippen LogP contribution in [0.4, 0.5) is 10.5 Å². The van der Waals surface area contributed by atoms with Crippen LogP contribution in [0, 0.1) is 0 Å². The normalized spacial score (nSPS) is 17.3. The molecular formula is C23H25N3O5. The minimum absolute atomic E-state index is 0.181. The van der Waals surface area contributed by atoms with Crippen LogP contribution in [0.15, 0.2) is 42.5 Å². The lowest BCUT2D eigenvalue weighted by atomic mass is 9.95. The number of nitrogens with zero attached hydrogens (tertiary/aromatic N) is 2. The number of carbonyl (C=O) groups is 3. The fraction of sp³-hybridized carbons (Fsp3) is 0.348. The highest BCUT2D eigenvalue weighted by Crippen LogP contribution is 2.31. The number of benzene rings is 2. The maximum atomic E-state index is 12.8. The fourth-order valence-electron chi connectivity index (χ4n) is 4.11. The molecule has 0 aliphatic carbocycles. The Hall–Kier alpha value is -3.55. The van der Waals surface area contributed by atoms with E-state index >= 15 is 0 Å². The van der Waals surface area contributed by atoms with E-state index in [0.29, 0.717) is 36.6 Å². The molecule has 162 valence electrons. The number of amides is 4. The predicted octanol–water partition coefficient (Wildman–Crippen LogP) is 2.81. The van der Waals surface area contributed by atoms with Crippen LogP contribution in [0.5, 0.6) is 11.5 Å². The van der Waals surface area contributed by atoms with E-state index in [1.54, 1.807) is 30.2 Å². The summed E-state index contributed by atoms with van der Waals surface area (Å²) in [5, 5.41) is 2.80. The maximum Gasteiger partial charge on any atom is 0.327 e. The summed E-state index contributed by atoms with van der Waals surface area (Å²) in [7, 11) is 3.07. The number of hydrogen-bond donors (Lipinski definition) is 1. The van der Waals surface area contributed by atoms with Gasteiger partial charge in [-0.2, -0.15) is 0 Å². The Labute approximate surface area is 180 Å². The van der Waals surface area contributed by atoms with Gasteiger partial charge >= 0.3 is 6.03 Å². The Morgan fingerprint density at radius 3 is 2.55 bits per heavy atom. The second-order valence-electron chi connectivity index (χ2n) is 7.61. The largest absolute Gasteiger partial charge is 0.493 e. The molecule has 1 N–H and O–H groups in total. The second-order valence-corrected chi connectivity index (χ2v) is 7.61. The van der Waals surface area contributed by atoms with Gasteiger partial charge in [0.2, 0.25) is 5.91 Å². The van der Waals surface area contributed by atoms with E-state index in [2.05, 4.69) is 5.32 Å². The molecule has 1 fully saturated rings. The van der Waals surface area contributed by atoms with Crippen LogP contribution in [0.25, 0.3) is 0 Å². The highest BCUT2D eigenvalue weighted by Gasteiger charge is 2.46. The molecule has 2 aromatic rings. The molecule has 1 atom stereocenters. The summed E-state index contributed by atoms with van der Waals surface area (Å²) in [5.74, 6) is 0.715. The number of urea groups is 1. The van der Waals surface area contributed by atoms with Gasteiger partial charge in [0.05, 0.1) is 14.2 Å². The van der Waals surface area contributed by atoms with Crippen LogP contribution in [0.2, 0.25) is 0 Å². The first-order valence-electron chi connectivity index (χ1n) is 10.2. The Kier molecular flexibility index (Phi) is 5.79. The Balaban J connectivity index is 1.31. The molecule has 2 heterocycles. The van der Waals surface area contributed by atoms with Gasteiger partial charge in [0.1, 0.15) is 6.04 Å². The zero-order valence-corrected chi connectivity index (χ0v) is 17.6. The lowest BCUT2D eigenvalue weighted by Gasteiger charge is -2.28. The third-order valence-electron chi connectivity index (χ3n) is 5.73. The minimum atomic E-state index is -0.442. The molecule has 8 heteroatoms. The summed E-state index contributed by atoms with van der Waals surface area (Å²) in [6.07, 6.45) is 1.12. The van der Waals surface area contributed by atoms with E-state index in [1.807, 2.05) is 24.3 Å². The zero-order valence-electron chi connectivity index (χ0n) is 17.6. The van der Waals surface area contributed by atoms with Crippen molar-refractivity contribution in [3.63, 3.8) is 0 Å². The summed E-state index contributed by atoms with van der Waals surface area (Å²) in [6.45, 7) is 0.669. The van der Waals surface area contributed by atoms with Crippen LogP contribution >= 0.6 is 0 Å². The first-order valence-corrected chi connectivity index (χ1v) is 10.2. The van der Waals surface area contributed by atoms with Crippen molar-refractivity contribution in [2.45, 2.75) is 31.8 Å². The summed E-state index contributed by atoms with van der Waals surface area (Å²) >= 11 is 0. The van der Waals surface area contributed by atoms with Crippen LogP contribution < -0.4 is 14.8 Å². The van der Waals surface area contributed by atoms with E-state index in [4.69, 9.17) is 9.47 Å². The number of methoxy groups -OCH3 is 2. The van der Waals surface area contributed by atoms with Crippen molar-refractivity contribution in [1.29, 1.82) is 0 Å². The third-order valence-corrected chi connectivity index (χ3v) is 5.73. The van der Waals surface area contributed by atoms with E-state index in [0.717, 1.165) is 11.1 Å². The topological polar surface area (TPSA) is 88.2 Å². The van der Waals surface area contributed by atoms with Crippen molar-refractivity contribution in [3.8, 4) is 11.5 Å². The molecule has 8 nitrogen and oxygen atoms in total. The number of nitrogens with one attached hydrogen (secondary N) is 1. The van der Waals surface area contributed by atoms with Gasteiger partial charge in [-0.05, 0) is 29.7 Å². The van der Waals surface area contributed by atoms with Gasteiger partial charge in [-0.1, -0.05) is 24.3 Å². The number of imide groups is 1. The number of carbonyl (C=O) groups excluding carboxylic acids is 3. The van der Waals surface area contributed by atoms with E-state index in [9.17, 15) is 14.4 Å². The SMILES string of the molecule is COc1ccc(NC(=O)CCCN2C(=O)C3Cc4ccccc4CN3C2=O)cc1OC. The maximum absolute atomic E-state index is 12.8. The molecule has 4 amide bonds. The molecule has 1 unspecified atom stereocenters. The molecule has 0 radical (unpaired) electrons. The lowest BCUT2D eigenvalue weighted by Crippen LogP contribution is -2.39. The molecule has 2 aliphatic rings. The van der Waals surface area contributed by atoms with Gasteiger partial charge in [-0.3, -0.25) is 14.5 Å². The molecule has 1 saturated heterocycles. The van der Waals surface area contributed by atoms with E-state index in [-0.39, 0.29) is 30.8 Å². The van der Waals surface area contributed by atoms with Crippen molar-refractivity contribution in [2.75, 3.05) is 26.1 Å². The number of anilines is 1. The highest BCUT2D eigenvalue weighted by atomic mass is 16.5. The molecule has 0 spiro atoms. The van der Waals surface area contributed by atoms with Crippen molar-refractivity contribution in [1.82, 2.24) is 9.80 Å². The van der Waals surface area contributed by atoms with Crippen LogP contribution in [0.1, 0.15) is 24.0 Å². The van der Waals surface area contributed by atoms with Gasteiger partial charge in [-0.15, -0.1) is 0 Å². The summed E-state index contributed by atoms with van der Waals surface area (Å²) in [6, 6.07) is 12.3. The van der Waals surface area contributed by atoms with Crippen molar-refractivity contribution >= 4 is 23.5 Å². The standard InChI is InChI=1S/C23H25N3O5/c1-30-19-10-9-17(13-20(19)31-2)24-21(27)8-5-11-25-22(28)18-12-15-6-3-4-7-16(15)14-26(18)23(25)29/h3-4,6-7,9-10,13,18H,5,8,11-12,14H2,1-2H3,(H,24,27). The molecule has 2 aliphatic heterocycles. The summed E-state index contributed by atoms with van der Waals surface area (Å²) in [5.41, 5.74) is 2.78. The zero-order chi connectivity index (χ0) is 22.0. The van der Waals surface area contributed by atoms with Crippen LogP contribution in [-0.2, 0) is 22.6 Å². The molecular weight excluding hydrogens is 398 g/mol. The van der Waals surface area contributed by atoms with E-state index < -0.39 is 6.04 Å². The number of fused-ring (bicyclic) bond motifs is 2. The Morgan fingerprint density at radius 1 is 1.06 bits per heavy atom. The van der Waals surface area contributed by atoms with Crippen molar-refractivity contribution in [3.05, 3.63) is 53.6 Å². The highest BCUT2D eigenvalue weighted by molar-refractivity contribution is 6.04. The molecule has 0 saturated carbocycles. The van der Waals surface area contributed by atoms with Gasteiger partial charge in [0, 0.05) is 37.7 Å². The van der Waals surface area contributed by atoms with Gasteiger partial charge in [0.25, 0.3) is 5.91 Å². The van der Waals surface area contributed by atoms with Crippen molar-refractivity contribution in [2.24, 2.45) is 0 Å². The van der Waals surface area contributed by atoms with Gasteiger partial charge in [-0.25, -0.2) is 4.79 Å². The van der Waals surface area contributed by atoms with Gasteiger partial charge < -0.3 is 19.7 Å². The number of ether oxygens (including phenoxy) is 2. The number of rotatable bonds is 7. The average Bonchev–Trinajstić information content (AvgIpc) is 3.01.